The molecular weight excluding hydrogens is 402 g/mol. The quantitative estimate of drug-likeness (QED) is 0.569. The Hall–Kier alpha value is -3.41. The van der Waals surface area contributed by atoms with Gasteiger partial charge in [-0.25, -0.2) is 14.8 Å². The van der Waals surface area contributed by atoms with E-state index < -0.39 is 5.97 Å². The van der Waals surface area contributed by atoms with Crippen LogP contribution in [0.25, 0.3) is 0 Å². The average Bonchev–Trinajstić information content (AvgIpc) is 2.84. The van der Waals surface area contributed by atoms with Crippen LogP contribution in [0.2, 0.25) is 0 Å². The van der Waals surface area contributed by atoms with Crippen LogP contribution in [0.4, 0.5) is 5.95 Å². The molecule has 0 spiro atoms. The summed E-state index contributed by atoms with van der Waals surface area (Å²) >= 11 is 0. The fourth-order valence-corrected chi connectivity index (χ4v) is 4.30. The second-order valence-corrected chi connectivity index (χ2v) is 8.31. The van der Waals surface area contributed by atoms with E-state index in [2.05, 4.69) is 45.2 Å². The fraction of sp³-hybridized carbons (Fsp3) is 0.346. The minimum Gasteiger partial charge on any atom is -0.497 e. The van der Waals surface area contributed by atoms with Crippen molar-refractivity contribution in [3.8, 4) is 5.75 Å². The molecule has 0 bridgehead atoms. The van der Waals surface area contributed by atoms with Crippen molar-refractivity contribution in [2.45, 2.75) is 32.1 Å². The third-order valence-electron chi connectivity index (χ3n) is 6.13. The number of aromatic nitrogens is 2. The number of nitrogens with zero attached hydrogens (tertiary/aromatic N) is 3. The van der Waals surface area contributed by atoms with Crippen molar-refractivity contribution < 1.29 is 14.6 Å². The van der Waals surface area contributed by atoms with E-state index in [1.807, 2.05) is 24.3 Å². The van der Waals surface area contributed by atoms with Gasteiger partial charge in [0, 0.05) is 19.3 Å². The zero-order valence-corrected chi connectivity index (χ0v) is 18.4. The van der Waals surface area contributed by atoms with Crippen LogP contribution in [0, 0.1) is 5.92 Å². The van der Waals surface area contributed by atoms with E-state index in [9.17, 15) is 9.90 Å². The molecule has 0 unspecified atom stereocenters. The van der Waals surface area contributed by atoms with E-state index in [1.54, 1.807) is 7.11 Å². The van der Waals surface area contributed by atoms with Crippen LogP contribution in [0.1, 0.15) is 40.0 Å². The molecule has 3 aromatic rings. The molecule has 32 heavy (non-hydrogen) atoms. The minimum absolute atomic E-state index is 0.176. The highest BCUT2D eigenvalue weighted by Gasteiger charge is 2.23. The highest BCUT2D eigenvalue weighted by Crippen LogP contribution is 2.25. The molecule has 4 rings (SSSR count). The standard InChI is InChI=1S/C26H29N3O3/c1-32-22-9-5-8-20(17-22)10-11-24-23(25(30)31)18-27-26(28-24)29-14-12-21(13-15-29)16-19-6-3-2-4-7-19/h2-9,17-18,21H,10-16H2,1H3,(H,30,31). The number of hydrogen-bond acceptors (Lipinski definition) is 5. The molecule has 0 radical (unpaired) electrons. The predicted molar refractivity (Wildman–Crippen MR) is 124 cm³/mol. The fourth-order valence-electron chi connectivity index (χ4n) is 4.30. The van der Waals surface area contributed by atoms with Crippen LogP contribution in [-0.4, -0.2) is 41.2 Å². The number of anilines is 1. The molecule has 2 aromatic carbocycles. The third-order valence-corrected chi connectivity index (χ3v) is 6.13. The Morgan fingerprint density at radius 1 is 1.06 bits per heavy atom. The van der Waals surface area contributed by atoms with Gasteiger partial charge in [-0.1, -0.05) is 42.5 Å². The van der Waals surface area contributed by atoms with E-state index in [0.717, 1.165) is 43.7 Å². The smallest absolute Gasteiger partial charge is 0.339 e. The molecule has 1 aliphatic rings. The van der Waals surface area contributed by atoms with Crippen molar-refractivity contribution >= 4 is 11.9 Å². The summed E-state index contributed by atoms with van der Waals surface area (Å²) in [4.78, 5) is 23.0. The summed E-state index contributed by atoms with van der Waals surface area (Å²) in [6, 6.07) is 18.4. The Labute approximate surface area is 188 Å². The Balaban J connectivity index is 1.42. The summed E-state index contributed by atoms with van der Waals surface area (Å²) in [6.45, 7) is 1.78. The van der Waals surface area contributed by atoms with E-state index in [4.69, 9.17) is 4.74 Å². The first-order valence-corrected chi connectivity index (χ1v) is 11.1. The summed E-state index contributed by atoms with van der Waals surface area (Å²) in [5.74, 6) is 1.09. The lowest BCUT2D eigenvalue weighted by Crippen LogP contribution is -2.35. The van der Waals surface area contributed by atoms with Crippen LogP contribution < -0.4 is 9.64 Å². The summed E-state index contributed by atoms with van der Waals surface area (Å²) in [5, 5.41) is 9.61. The van der Waals surface area contributed by atoms with Gasteiger partial charge in [0.2, 0.25) is 5.95 Å². The van der Waals surface area contributed by atoms with Gasteiger partial charge in [-0.15, -0.1) is 0 Å². The number of ether oxygens (including phenoxy) is 1. The number of piperidine rings is 1. The molecule has 0 atom stereocenters. The second-order valence-electron chi connectivity index (χ2n) is 8.31. The zero-order chi connectivity index (χ0) is 22.3. The normalized spacial score (nSPS) is 14.3. The maximum atomic E-state index is 11.7. The van der Waals surface area contributed by atoms with Crippen molar-refractivity contribution in [3.05, 3.63) is 83.2 Å². The zero-order valence-electron chi connectivity index (χ0n) is 18.4. The van der Waals surface area contributed by atoms with Crippen molar-refractivity contribution in [2.24, 2.45) is 5.92 Å². The van der Waals surface area contributed by atoms with E-state index >= 15 is 0 Å². The Bertz CT molecular complexity index is 1050. The molecule has 1 aromatic heterocycles. The maximum absolute atomic E-state index is 11.7. The number of benzene rings is 2. The number of carboxylic acid groups (broad SMARTS) is 1. The van der Waals surface area contributed by atoms with Gasteiger partial charge >= 0.3 is 5.97 Å². The lowest BCUT2D eigenvalue weighted by Gasteiger charge is -2.32. The summed E-state index contributed by atoms with van der Waals surface area (Å²) in [7, 11) is 1.64. The third kappa shape index (κ3) is 5.44. The lowest BCUT2D eigenvalue weighted by atomic mass is 9.90. The number of aromatic carboxylic acids is 1. The number of carboxylic acids is 1. The number of methoxy groups -OCH3 is 1. The van der Waals surface area contributed by atoms with Crippen LogP contribution in [0.3, 0.4) is 0 Å². The van der Waals surface area contributed by atoms with Crippen LogP contribution in [0.15, 0.2) is 60.8 Å². The Morgan fingerprint density at radius 3 is 2.53 bits per heavy atom. The molecule has 6 nitrogen and oxygen atoms in total. The molecule has 1 aliphatic heterocycles. The Morgan fingerprint density at radius 2 is 1.81 bits per heavy atom. The van der Waals surface area contributed by atoms with Gasteiger partial charge in [0.1, 0.15) is 5.75 Å². The molecule has 2 heterocycles. The summed E-state index contributed by atoms with van der Waals surface area (Å²) in [5.41, 5.74) is 3.22. The molecule has 1 N–H and O–H groups in total. The molecule has 0 amide bonds. The molecule has 1 fully saturated rings. The van der Waals surface area contributed by atoms with Gasteiger partial charge in [-0.05, 0) is 61.3 Å². The van der Waals surface area contributed by atoms with E-state index in [-0.39, 0.29) is 5.56 Å². The number of carbonyl (C=O) groups is 1. The largest absolute Gasteiger partial charge is 0.497 e. The summed E-state index contributed by atoms with van der Waals surface area (Å²) < 4.78 is 5.29. The second kappa shape index (κ2) is 10.3. The lowest BCUT2D eigenvalue weighted by molar-refractivity contribution is 0.0694. The first-order chi connectivity index (χ1) is 15.6. The minimum atomic E-state index is -0.987. The number of hydrogen-bond donors (Lipinski definition) is 1. The van der Waals surface area contributed by atoms with Gasteiger partial charge in [0.25, 0.3) is 0 Å². The molecule has 0 saturated carbocycles. The van der Waals surface area contributed by atoms with Gasteiger partial charge in [0.15, 0.2) is 0 Å². The highest BCUT2D eigenvalue weighted by atomic mass is 16.5. The molecular formula is C26H29N3O3. The SMILES string of the molecule is COc1cccc(CCc2nc(N3CCC(Cc4ccccc4)CC3)ncc2C(=O)O)c1. The van der Waals surface area contributed by atoms with Crippen molar-refractivity contribution in [1.29, 1.82) is 0 Å². The topological polar surface area (TPSA) is 75.5 Å². The van der Waals surface area contributed by atoms with Crippen molar-refractivity contribution in [2.75, 3.05) is 25.1 Å². The van der Waals surface area contributed by atoms with Crippen LogP contribution in [-0.2, 0) is 19.3 Å². The first-order valence-electron chi connectivity index (χ1n) is 11.1. The molecule has 1 saturated heterocycles. The van der Waals surface area contributed by atoms with E-state index in [1.165, 1.54) is 11.8 Å². The molecule has 0 aliphatic carbocycles. The number of rotatable bonds is 8. The van der Waals surface area contributed by atoms with Crippen LogP contribution >= 0.6 is 0 Å². The van der Waals surface area contributed by atoms with Gasteiger partial charge in [0.05, 0.1) is 18.4 Å². The maximum Gasteiger partial charge on any atom is 0.339 e. The van der Waals surface area contributed by atoms with Gasteiger partial charge < -0.3 is 14.7 Å². The summed E-state index contributed by atoms with van der Waals surface area (Å²) in [6.07, 6.45) is 5.94. The van der Waals surface area contributed by atoms with Crippen molar-refractivity contribution in [3.63, 3.8) is 0 Å². The van der Waals surface area contributed by atoms with Crippen molar-refractivity contribution in [1.82, 2.24) is 9.97 Å². The van der Waals surface area contributed by atoms with Crippen LogP contribution in [0.5, 0.6) is 5.75 Å². The predicted octanol–water partition coefficient (Wildman–Crippen LogP) is 4.43. The Kier molecular flexibility index (Phi) is 7.00. The number of aryl methyl sites for hydroxylation is 2. The first kappa shape index (κ1) is 21.8. The molecule has 166 valence electrons. The molecule has 6 heteroatoms. The monoisotopic (exact) mass is 431 g/mol. The van der Waals surface area contributed by atoms with E-state index in [0.29, 0.717) is 30.4 Å². The average molecular weight is 432 g/mol. The van der Waals surface area contributed by atoms with Gasteiger partial charge in [-0.2, -0.15) is 0 Å². The van der Waals surface area contributed by atoms with Gasteiger partial charge in [-0.3, -0.25) is 0 Å². The highest BCUT2D eigenvalue weighted by molar-refractivity contribution is 5.88.